The van der Waals surface area contributed by atoms with Crippen molar-refractivity contribution in [3.8, 4) is 0 Å². The van der Waals surface area contributed by atoms with Gasteiger partial charge in [-0.05, 0) is 42.5 Å². The van der Waals surface area contributed by atoms with Crippen LogP contribution in [0.1, 0.15) is 46.6 Å². The summed E-state index contributed by atoms with van der Waals surface area (Å²) in [5, 5.41) is 0.101. The van der Waals surface area contributed by atoms with Gasteiger partial charge in [-0.15, -0.1) is 0 Å². The van der Waals surface area contributed by atoms with Gasteiger partial charge in [0.15, 0.2) is 9.04 Å². The van der Waals surface area contributed by atoms with Crippen molar-refractivity contribution in [3.05, 3.63) is 41.5 Å². The van der Waals surface area contributed by atoms with E-state index in [0.29, 0.717) is 0 Å². The number of allylic oxidation sites excluding steroid dienone is 2. The molecule has 1 nitrogen and oxygen atoms in total. The third-order valence-corrected chi connectivity index (χ3v) is 6.23. The van der Waals surface area contributed by atoms with Gasteiger partial charge in [0.2, 0.25) is 0 Å². The molecule has 1 N–H and O–H groups in total. The minimum atomic E-state index is -1.65. The van der Waals surface area contributed by atoms with Gasteiger partial charge in [-0.1, -0.05) is 56.7 Å². The summed E-state index contributed by atoms with van der Waals surface area (Å²) in [5.41, 5.74) is 4.05. The average Bonchev–Trinajstić information content (AvgIpc) is 2.28. The third-order valence-electron chi connectivity index (χ3n) is 3.39. The van der Waals surface area contributed by atoms with Crippen LogP contribution in [0.15, 0.2) is 35.9 Å². The van der Waals surface area contributed by atoms with Gasteiger partial charge in [0, 0.05) is 0 Å². The van der Waals surface area contributed by atoms with E-state index in [-0.39, 0.29) is 5.04 Å². The fourth-order valence-corrected chi connectivity index (χ4v) is 3.46. The van der Waals surface area contributed by atoms with Crippen molar-refractivity contribution in [2.75, 3.05) is 0 Å². The number of rotatable bonds is 4. The molecule has 0 spiro atoms. The Morgan fingerprint density at radius 1 is 1.11 bits per heavy atom. The lowest BCUT2D eigenvalue weighted by atomic mass is 9.99. The average molecular weight is 262 g/mol. The molecule has 1 aromatic carbocycles. The molecule has 1 atom stereocenters. The molecule has 0 radical (unpaired) electrons. The maximum Gasteiger partial charge on any atom is 0.178 e. The number of benzene rings is 1. The minimum Gasteiger partial charge on any atom is -0.434 e. The topological polar surface area (TPSA) is 20.2 Å². The molecule has 2 heteroatoms. The maximum atomic E-state index is 10.3. The normalized spacial score (nSPS) is 13.2. The first-order chi connectivity index (χ1) is 8.32. The van der Waals surface area contributed by atoms with E-state index in [9.17, 15) is 4.80 Å². The second-order valence-electron chi connectivity index (χ2n) is 6.27. The molecule has 0 saturated carbocycles. The van der Waals surface area contributed by atoms with E-state index >= 15 is 0 Å². The van der Waals surface area contributed by atoms with Crippen LogP contribution in [0.3, 0.4) is 0 Å². The van der Waals surface area contributed by atoms with Crippen LogP contribution < -0.4 is 0 Å². The fourth-order valence-electron chi connectivity index (χ4n) is 2.04. The summed E-state index contributed by atoms with van der Waals surface area (Å²) in [6, 6.07) is 11.5. The number of hydrogen-bond donors (Lipinski definition) is 1. The van der Waals surface area contributed by atoms with Crippen molar-refractivity contribution in [1.82, 2.24) is 0 Å². The lowest BCUT2D eigenvalue weighted by Gasteiger charge is -2.24. The summed E-state index contributed by atoms with van der Waals surface area (Å²) < 4.78 is 0. The number of hydrogen-bond acceptors (Lipinski definition) is 1. The molecule has 1 aromatic rings. The quantitative estimate of drug-likeness (QED) is 0.798. The van der Waals surface area contributed by atoms with Crippen LogP contribution in [0.4, 0.5) is 0 Å². The predicted octanol–water partition coefficient (Wildman–Crippen LogP) is 4.39. The highest BCUT2D eigenvalue weighted by atomic mass is 28.3. The molecule has 0 aromatic heterocycles. The second-order valence-corrected chi connectivity index (χ2v) is 9.61. The highest BCUT2D eigenvalue weighted by molar-refractivity contribution is 6.54. The lowest BCUT2D eigenvalue weighted by molar-refractivity contribution is 0.507. The monoisotopic (exact) mass is 262 g/mol. The van der Waals surface area contributed by atoms with Gasteiger partial charge in [0.05, 0.1) is 0 Å². The molecule has 0 bridgehead atoms. The van der Waals surface area contributed by atoms with E-state index < -0.39 is 9.04 Å². The van der Waals surface area contributed by atoms with Crippen molar-refractivity contribution in [3.63, 3.8) is 0 Å². The Labute approximate surface area is 113 Å². The summed E-state index contributed by atoms with van der Waals surface area (Å²) >= 11 is 0. The standard InChI is InChI=1S/C16H26OSi/c1-13(2)15(14-9-7-6-8-10-14)11-12-18(17)16(3,4)5/h6-10,17-18H,11-12H2,1-5H3. The van der Waals surface area contributed by atoms with Crippen molar-refractivity contribution in [2.45, 2.75) is 52.1 Å². The van der Waals surface area contributed by atoms with Crippen LogP contribution in [0.2, 0.25) is 11.1 Å². The van der Waals surface area contributed by atoms with Gasteiger partial charge in [-0.25, -0.2) is 0 Å². The Morgan fingerprint density at radius 3 is 2.11 bits per heavy atom. The molecule has 0 aliphatic carbocycles. The minimum absolute atomic E-state index is 0.101. The van der Waals surface area contributed by atoms with Crippen LogP contribution in [0.5, 0.6) is 0 Å². The summed E-state index contributed by atoms with van der Waals surface area (Å²) in [6.07, 6.45) is 0.997. The van der Waals surface area contributed by atoms with Gasteiger partial charge < -0.3 is 4.80 Å². The SMILES string of the molecule is CC(C)=C(CC[SiH](O)C(C)(C)C)c1ccccc1. The summed E-state index contributed by atoms with van der Waals surface area (Å²) in [5.74, 6) is 0. The zero-order valence-corrected chi connectivity index (χ0v) is 13.5. The Kier molecular flexibility index (Phi) is 5.36. The molecule has 0 aliphatic rings. The van der Waals surface area contributed by atoms with Gasteiger partial charge in [0.1, 0.15) is 0 Å². The molecular formula is C16H26OSi. The molecule has 1 rings (SSSR count). The van der Waals surface area contributed by atoms with Gasteiger partial charge in [0.25, 0.3) is 0 Å². The van der Waals surface area contributed by atoms with Crippen LogP contribution in [-0.4, -0.2) is 13.8 Å². The van der Waals surface area contributed by atoms with Crippen molar-refractivity contribution in [1.29, 1.82) is 0 Å². The van der Waals surface area contributed by atoms with Crippen molar-refractivity contribution in [2.24, 2.45) is 0 Å². The molecule has 0 heterocycles. The zero-order valence-electron chi connectivity index (χ0n) is 12.3. The molecule has 0 saturated heterocycles. The molecule has 0 fully saturated rings. The first-order valence-corrected chi connectivity index (χ1v) is 8.63. The van der Waals surface area contributed by atoms with E-state index in [0.717, 1.165) is 12.5 Å². The second kappa shape index (κ2) is 6.35. The van der Waals surface area contributed by atoms with Crippen LogP contribution >= 0.6 is 0 Å². The van der Waals surface area contributed by atoms with Crippen LogP contribution in [0, 0.1) is 0 Å². The Bertz CT molecular complexity index is 397. The molecule has 100 valence electrons. The third kappa shape index (κ3) is 4.43. The lowest BCUT2D eigenvalue weighted by Crippen LogP contribution is -2.25. The van der Waals surface area contributed by atoms with Gasteiger partial charge in [-0.2, -0.15) is 0 Å². The highest BCUT2D eigenvalue weighted by Crippen LogP contribution is 2.31. The van der Waals surface area contributed by atoms with Crippen molar-refractivity contribution >= 4 is 14.6 Å². The highest BCUT2D eigenvalue weighted by Gasteiger charge is 2.24. The Morgan fingerprint density at radius 2 is 1.67 bits per heavy atom. The van der Waals surface area contributed by atoms with Crippen LogP contribution in [0.25, 0.3) is 5.57 Å². The van der Waals surface area contributed by atoms with Crippen LogP contribution in [-0.2, 0) is 0 Å². The Hall–Kier alpha value is -0.863. The van der Waals surface area contributed by atoms with Gasteiger partial charge in [-0.3, -0.25) is 0 Å². The largest absolute Gasteiger partial charge is 0.434 e. The smallest absolute Gasteiger partial charge is 0.178 e. The summed E-state index contributed by atoms with van der Waals surface area (Å²) in [7, 11) is -1.65. The predicted molar refractivity (Wildman–Crippen MR) is 83.2 cm³/mol. The summed E-state index contributed by atoms with van der Waals surface area (Å²) in [4.78, 5) is 10.3. The van der Waals surface area contributed by atoms with Crippen molar-refractivity contribution < 1.29 is 4.80 Å². The van der Waals surface area contributed by atoms with E-state index in [1.54, 1.807) is 0 Å². The van der Waals surface area contributed by atoms with E-state index in [2.05, 4.69) is 58.9 Å². The van der Waals surface area contributed by atoms with Gasteiger partial charge >= 0.3 is 0 Å². The molecule has 1 unspecified atom stereocenters. The van der Waals surface area contributed by atoms with E-state index in [1.165, 1.54) is 16.7 Å². The zero-order chi connectivity index (χ0) is 13.8. The Balaban J connectivity index is 2.77. The molecular weight excluding hydrogens is 236 g/mol. The molecule has 0 aliphatic heterocycles. The van der Waals surface area contributed by atoms with E-state index in [4.69, 9.17) is 0 Å². The fraction of sp³-hybridized carbons (Fsp3) is 0.500. The first kappa shape index (κ1) is 15.2. The summed E-state index contributed by atoms with van der Waals surface area (Å²) in [6.45, 7) is 10.8. The molecule has 18 heavy (non-hydrogen) atoms. The molecule has 0 amide bonds. The van der Waals surface area contributed by atoms with E-state index in [1.807, 2.05) is 6.07 Å². The first-order valence-electron chi connectivity index (χ1n) is 6.72. The maximum absolute atomic E-state index is 10.3.